The molecule has 0 atom stereocenters. The van der Waals surface area contributed by atoms with E-state index in [0.717, 1.165) is 27.4 Å². The Balaban J connectivity index is 1.48. The first-order valence-electron chi connectivity index (χ1n) is 11.2. The van der Waals surface area contributed by atoms with Gasteiger partial charge in [-0.05, 0) is 54.1 Å². The lowest BCUT2D eigenvalue weighted by Crippen LogP contribution is -2.16. The minimum absolute atomic E-state index is 0.121. The Hall–Kier alpha value is -4.48. The fraction of sp³-hybridized carbons (Fsp3) is 0.115. The van der Waals surface area contributed by atoms with Crippen molar-refractivity contribution in [3.05, 3.63) is 78.6 Å². The van der Waals surface area contributed by atoms with Crippen molar-refractivity contribution in [3.8, 4) is 11.5 Å². The van der Waals surface area contributed by atoms with Crippen LogP contribution in [-0.4, -0.2) is 37.6 Å². The molecule has 37 heavy (non-hydrogen) atoms. The van der Waals surface area contributed by atoms with Crippen molar-refractivity contribution < 1.29 is 17.9 Å². The van der Waals surface area contributed by atoms with Gasteiger partial charge in [0.05, 0.1) is 30.9 Å². The van der Waals surface area contributed by atoms with E-state index in [2.05, 4.69) is 25.6 Å². The van der Waals surface area contributed by atoms with Crippen LogP contribution in [0.15, 0.2) is 78.0 Å². The van der Waals surface area contributed by atoms with Crippen LogP contribution in [0.1, 0.15) is 5.56 Å². The van der Waals surface area contributed by atoms with E-state index in [1.165, 1.54) is 7.11 Å². The van der Waals surface area contributed by atoms with Gasteiger partial charge in [0.15, 0.2) is 0 Å². The van der Waals surface area contributed by atoms with Crippen LogP contribution in [0.5, 0.6) is 11.5 Å². The molecule has 0 spiro atoms. The minimum atomic E-state index is -4.11. The zero-order valence-electron chi connectivity index (χ0n) is 20.1. The predicted molar refractivity (Wildman–Crippen MR) is 143 cm³/mol. The fourth-order valence-electron chi connectivity index (χ4n) is 4.00. The van der Waals surface area contributed by atoms with E-state index in [0.29, 0.717) is 23.9 Å². The summed E-state index contributed by atoms with van der Waals surface area (Å²) < 4.78 is 35.7. The molecule has 2 aromatic heterocycles. The number of hydrogen-bond donors (Lipinski definition) is 3. The summed E-state index contributed by atoms with van der Waals surface area (Å²) in [4.78, 5) is 13.1. The largest absolute Gasteiger partial charge is 0.497 e. The van der Waals surface area contributed by atoms with Crippen LogP contribution in [0.2, 0.25) is 0 Å². The summed E-state index contributed by atoms with van der Waals surface area (Å²) in [5.74, 6) is 1.23. The number of methoxy groups -OCH3 is 2. The summed E-state index contributed by atoms with van der Waals surface area (Å²) in [6, 6.07) is 18.2. The lowest BCUT2D eigenvalue weighted by atomic mass is 10.1. The number of hydrogen-bond acceptors (Lipinski definition) is 9. The molecular formula is C26H24N6O4S. The molecule has 2 heterocycles. The van der Waals surface area contributed by atoms with Crippen molar-refractivity contribution >= 4 is 49.2 Å². The van der Waals surface area contributed by atoms with Gasteiger partial charge in [0.2, 0.25) is 16.0 Å². The number of anilines is 3. The summed E-state index contributed by atoms with van der Waals surface area (Å²) in [5, 5.41) is 13.7. The van der Waals surface area contributed by atoms with Crippen LogP contribution in [0.25, 0.3) is 21.8 Å². The molecule has 0 bridgehead atoms. The molecule has 0 saturated heterocycles. The highest BCUT2D eigenvalue weighted by Gasteiger charge is 2.22. The maximum atomic E-state index is 12.5. The van der Waals surface area contributed by atoms with Crippen LogP contribution in [0.3, 0.4) is 0 Å². The number of nitrogens with zero attached hydrogens (tertiary/aromatic N) is 3. The fourth-order valence-corrected chi connectivity index (χ4v) is 4.84. The smallest absolute Gasteiger partial charge is 0.243 e. The Morgan fingerprint density at radius 1 is 0.919 bits per heavy atom. The topological polar surface area (TPSA) is 141 Å². The average molecular weight is 517 g/mol. The molecule has 0 unspecified atom stereocenters. The maximum Gasteiger partial charge on any atom is 0.243 e. The van der Waals surface area contributed by atoms with Crippen LogP contribution in [0.4, 0.5) is 17.3 Å². The zero-order chi connectivity index (χ0) is 26.0. The summed E-state index contributed by atoms with van der Waals surface area (Å²) in [6.07, 6.45) is 3.43. The van der Waals surface area contributed by atoms with Crippen LogP contribution < -0.4 is 25.2 Å². The van der Waals surface area contributed by atoms with Crippen molar-refractivity contribution in [2.75, 3.05) is 24.9 Å². The molecule has 0 aliphatic carbocycles. The minimum Gasteiger partial charge on any atom is -0.497 e. The number of pyridine rings is 1. The van der Waals surface area contributed by atoms with E-state index in [1.54, 1.807) is 31.6 Å². The van der Waals surface area contributed by atoms with Gasteiger partial charge in [-0.1, -0.05) is 6.07 Å². The second-order valence-corrected chi connectivity index (χ2v) is 9.73. The Morgan fingerprint density at radius 3 is 2.57 bits per heavy atom. The molecule has 0 radical (unpaired) electrons. The quantitative estimate of drug-likeness (QED) is 0.277. The van der Waals surface area contributed by atoms with E-state index in [9.17, 15) is 8.42 Å². The van der Waals surface area contributed by atoms with Crippen molar-refractivity contribution in [1.82, 2.24) is 15.0 Å². The Kier molecular flexibility index (Phi) is 6.47. The number of ether oxygens (including phenoxy) is 2. The third-order valence-corrected chi connectivity index (χ3v) is 6.73. The second kappa shape index (κ2) is 9.88. The Morgan fingerprint density at radius 2 is 1.78 bits per heavy atom. The van der Waals surface area contributed by atoms with Gasteiger partial charge in [0.1, 0.15) is 16.4 Å². The molecule has 0 saturated carbocycles. The maximum absolute atomic E-state index is 12.5. The normalized spacial score (nSPS) is 11.4. The van der Waals surface area contributed by atoms with Gasteiger partial charge in [-0.2, -0.15) is 0 Å². The van der Waals surface area contributed by atoms with Gasteiger partial charge in [0.25, 0.3) is 0 Å². The van der Waals surface area contributed by atoms with E-state index in [4.69, 9.17) is 14.6 Å². The number of benzene rings is 3. The van der Waals surface area contributed by atoms with Crippen molar-refractivity contribution in [1.29, 1.82) is 0 Å². The van der Waals surface area contributed by atoms with Crippen LogP contribution in [-0.2, 0) is 16.6 Å². The third-order valence-electron chi connectivity index (χ3n) is 5.74. The van der Waals surface area contributed by atoms with Gasteiger partial charge in [-0.25, -0.2) is 23.5 Å². The highest BCUT2D eigenvalue weighted by atomic mass is 32.2. The molecule has 5 aromatic rings. The molecular weight excluding hydrogens is 492 g/mol. The number of aromatic nitrogens is 3. The van der Waals surface area contributed by atoms with E-state index in [-0.39, 0.29) is 16.3 Å². The second-order valence-electron chi connectivity index (χ2n) is 8.23. The SMILES string of the molecule is COc1ccc2cnc(NCc3cc(Nc4ccc5ncccc5c4)c(S(N)(=O)=O)c(OC)c3)nc2c1. The highest BCUT2D eigenvalue weighted by Crippen LogP contribution is 2.35. The van der Waals surface area contributed by atoms with E-state index < -0.39 is 10.0 Å². The van der Waals surface area contributed by atoms with Crippen LogP contribution in [0, 0.1) is 0 Å². The average Bonchev–Trinajstić information content (AvgIpc) is 2.90. The van der Waals surface area contributed by atoms with Crippen molar-refractivity contribution in [2.45, 2.75) is 11.4 Å². The predicted octanol–water partition coefficient (Wildman–Crippen LogP) is 4.20. The van der Waals surface area contributed by atoms with E-state index >= 15 is 0 Å². The molecule has 4 N–H and O–H groups in total. The summed E-state index contributed by atoms with van der Waals surface area (Å²) in [6.45, 7) is 0.299. The molecule has 0 fully saturated rings. The first kappa shape index (κ1) is 24.2. The van der Waals surface area contributed by atoms with Gasteiger partial charge >= 0.3 is 0 Å². The first-order valence-corrected chi connectivity index (χ1v) is 12.8. The Bertz CT molecular complexity index is 1730. The highest BCUT2D eigenvalue weighted by molar-refractivity contribution is 7.89. The molecule has 0 aliphatic heterocycles. The van der Waals surface area contributed by atoms with Crippen molar-refractivity contribution in [2.24, 2.45) is 5.14 Å². The molecule has 188 valence electrons. The lowest BCUT2D eigenvalue weighted by molar-refractivity contribution is 0.403. The van der Waals surface area contributed by atoms with Gasteiger partial charge in [-0.15, -0.1) is 0 Å². The lowest BCUT2D eigenvalue weighted by Gasteiger charge is -2.17. The summed E-state index contributed by atoms with van der Waals surface area (Å²) in [7, 11) is -1.12. The van der Waals surface area contributed by atoms with Gasteiger partial charge < -0.3 is 20.1 Å². The molecule has 5 rings (SSSR count). The van der Waals surface area contributed by atoms with Gasteiger partial charge in [0, 0.05) is 41.5 Å². The molecule has 0 amide bonds. The third kappa shape index (κ3) is 5.22. The zero-order valence-corrected chi connectivity index (χ0v) is 20.9. The number of sulfonamides is 1. The first-order chi connectivity index (χ1) is 17.8. The summed E-state index contributed by atoms with van der Waals surface area (Å²) >= 11 is 0. The molecule has 0 aliphatic rings. The molecule has 10 nitrogen and oxygen atoms in total. The van der Waals surface area contributed by atoms with Crippen molar-refractivity contribution in [3.63, 3.8) is 0 Å². The van der Waals surface area contributed by atoms with Gasteiger partial charge in [-0.3, -0.25) is 4.98 Å². The standard InChI is InChI=1S/C26H24N6O4S/c1-35-20-7-5-18-15-30-26(32-22(18)13-20)29-14-16-10-23(25(37(27,33)34)24(11-16)36-2)31-19-6-8-21-17(12-19)4-3-9-28-21/h3-13,15,31H,14H2,1-2H3,(H2,27,33,34)(H,29,30,32). The number of nitrogens with two attached hydrogens (primary N) is 1. The number of fused-ring (bicyclic) bond motifs is 2. The number of nitrogens with one attached hydrogen (secondary N) is 2. The summed E-state index contributed by atoms with van der Waals surface area (Å²) in [5.41, 5.74) is 3.23. The number of primary sulfonamides is 1. The number of rotatable bonds is 8. The van der Waals surface area contributed by atoms with Crippen LogP contribution >= 0.6 is 0 Å². The monoisotopic (exact) mass is 516 g/mol. The van der Waals surface area contributed by atoms with E-state index in [1.807, 2.05) is 48.5 Å². The molecule has 3 aromatic carbocycles. The molecule has 11 heteroatoms. The Labute approximate surface area is 213 Å².